The van der Waals surface area contributed by atoms with Gasteiger partial charge in [-0.3, -0.25) is 9.59 Å². The maximum absolute atomic E-state index is 13.4. The summed E-state index contributed by atoms with van der Waals surface area (Å²) in [6.45, 7) is 1.97. The van der Waals surface area contributed by atoms with Crippen LogP contribution in [0.25, 0.3) is 11.3 Å². The molecule has 1 aromatic heterocycles. The first-order chi connectivity index (χ1) is 16.6. The smallest absolute Gasteiger partial charge is 0.244 e. The van der Waals surface area contributed by atoms with Gasteiger partial charge in [0.15, 0.2) is 5.13 Å². The van der Waals surface area contributed by atoms with Crippen molar-refractivity contribution in [2.75, 3.05) is 10.6 Å². The molecule has 0 saturated carbocycles. The van der Waals surface area contributed by atoms with Crippen LogP contribution in [0.15, 0.2) is 95.2 Å². The summed E-state index contributed by atoms with van der Waals surface area (Å²) in [7, 11) is 0. The van der Waals surface area contributed by atoms with Gasteiger partial charge in [0.2, 0.25) is 11.8 Å². The van der Waals surface area contributed by atoms with E-state index in [1.807, 2.05) is 97.2 Å². The molecule has 0 aliphatic carbocycles. The number of hydrogen-bond donors (Lipinski definition) is 2. The summed E-state index contributed by atoms with van der Waals surface area (Å²) >= 11 is 2.85. The van der Waals surface area contributed by atoms with Crippen LogP contribution in [0.3, 0.4) is 0 Å². The van der Waals surface area contributed by atoms with Crippen molar-refractivity contribution in [2.24, 2.45) is 0 Å². The fourth-order valence-corrected chi connectivity index (χ4v) is 5.18. The second-order valence-corrected chi connectivity index (χ2v) is 9.66. The van der Waals surface area contributed by atoms with E-state index >= 15 is 0 Å². The summed E-state index contributed by atoms with van der Waals surface area (Å²) in [4.78, 5) is 30.9. The van der Waals surface area contributed by atoms with Crippen LogP contribution in [-0.4, -0.2) is 16.8 Å². The number of carbonyl (C=O) groups excluding carboxylic acids is 2. The lowest BCUT2D eigenvalue weighted by Crippen LogP contribution is -2.19. The van der Waals surface area contributed by atoms with Gasteiger partial charge in [-0.15, -0.1) is 23.1 Å². The van der Waals surface area contributed by atoms with Crippen LogP contribution in [0.1, 0.15) is 30.6 Å². The van der Waals surface area contributed by atoms with Crippen LogP contribution in [0.4, 0.5) is 10.8 Å². The van der Waals surface area contributed by atoms with Crippen LogP contribution < -0.4 is 10.6 Å². The highest BCUT2D eigenvalue weighted by molar-refractivity contribution is 8.00. The highest BCUT2D eigenvalue weighted by Crippen LogP contribution is 2.37. The van der Waals surface area contributed by atoms with Gasteiger partial charge in [-0.05, 0) is 30.2 Å². The average molecular weight is 488 g/mol. The summed E-state index contributed by atoms with van der Waals surface area (Å²) in [6, 6.07) is 27.1. The van der Waals surface area contributed by atoms with Gasteiger partial charge in [-0.25, -0.2) is 4.98 Å². The van der Waals surface area contributed by atoms with E-state index in [2.05, 4.69) is 15.6 Å². The summed E-state index contributed by atoms with van der Waals surface area (Å²) in [5.41, 5.74) is 3.46. The lowest BCUT2D eigenvalue weighted by molar-refractivity contribution is -0.116. The van der Waals surface area contributed by atoms with Crippen molar-refractivity contribution < 1.29 is 9.59 Å². The minimum absolute atomic E-state index is 0.0139. The Morgan fingerprint density at radius 1 is 0.941 bits per heavy atom. The van der Waals surface area contributed by atoms with Gasteiger partial charge in [-0.2, -0.15) is 0 Å². The monoisotopic (exact) mass is 487 g/mol. The molecule has 4 aromatic rings. The molecule has 0 saturated heterocycles. The first-order valence-corrected chi connectivity index (χ1v) is 12.8. The summed E-state index contributed by atoms with van der Waals surface area (Å²) in [5, 5.41) is 7.94. The lowest BCUT2D eigenvalue weighted by atomic mass is 10.1. The number of nitrogens with zero attached hydrogens (tertiary/aromatic N) is 1. The molecule has 2 N–H and O–H groups in total. The standard InChI is InChI=1S/C27H25N3O2S2/c1-2-10-24(31)28-21-15-9-16-22(17-21)34-25(20-13-7-4-8-14-20)26(32)30-27-29-23(18-33-27)19-11-5-3-6-12-19/h3-9,11-18,25H,2,10H2,1H3,(H,28,31)(H,29,30,32). The van der Waals surface area contributed by atoms with E-state index < -0.39 is 5.25 Å². The van der Waals surface area contributed by atoms with Crippen LogP contribution in [-0.2, 0) is 9.59 Å². The zero-order valence-electron chi connectivity index (χ0n) is 18.7. The minimum atomic E-state index is -0.480. The molecule has 34 heavy (non-hydrogen) atoms. The van der Waals surface area contributed by atoms with Crippen molar-refractivity contribution in [2.45, 2.75) is 29.9 Å². The molecular formula is C27H25N3O2S2. The molecule has 2 amide bonds. The molecule has 0 fully saturated rings. The normalized spacial score (nSPS) is 11.6. The largest absolute Gasteiger partial charge is 0.326 e. The number of nitrogens with one attached hydrogen (secondary N) is 2. The van der Waals surface area contributed by atoms with Gasteiger partial charge in [0, 0.05) is 27.9 Å². The van der Waals surface area contributed by atoms with Crippen molar-refractivity contribution in [3.8, 4) is 11.3 Å². The zero-order chi connectivity index (χ0) is 23.8. The Hall–Kier alpha value is -3.42. The molecule has 1 atom stereocenters. The van der Waals surface area contributed by atoms with E-state index in [4.69, 9.17) is 0 Å². The predicted molar refractivity (Wildman–Crippen MR) is 141 cm³/mol. The molecule has 1 unspecified atom stereocenters. The van der Waals surface area contributed by atoms with Gasteiger partial charge < -0.3 is 10.6 Å². The maximum Gasteiger partial charge on any atom is 0.244 e. The second kappa shape index (κ2) is 11.6. The number of carbonyl (C=O) groups is 2. The Morgan fingerprint density at radius 3 is 2.41 bits per heavy atom. The number of rotatable bonds is 9. The Balaban J connectivity index is 1.53. The third-order valence-electron chi connectivity index (χ3n) is 4.99. The van der Waals surface area contributed by atoms with E-state index in [0.717, 1.165) is 33.8 Å². The number of hydrogen-bond acceptors (Lipinski definition) is 5. The Bertz CT molecular complexity index is 1240. The maximum atomic E-state index is 13.4. The molecule has 1 heterocycles. The lowest BCUT2D eigenvalue weighted by Gasteiger charge is -2.17. The van der Waals surface area contributed by atoms with E-state index in [1.54, 1.807) is 0 Å². The number of thioether (sulfide) groups is 1. The zero-order valence-corrected chi connectivity index (χ0v) is 20.4. The molecule has 0 spiro atoms. The molecule has 172 valence electrons. The highest BCUT2D eigenvalue weighted by atomic mass is 32.2. The minimum Gasteiger partial charge on any atom is -0.326 e. The molecule has 0 bridgehead atoms. The van der Waals surface area contributed by atoms with Gasteiger partial charge in [0.25, 0.3) is 0 Å². The summed E-state index contributed by atoms with van der Waals surface area (Å²) < 4.78 is 0. The molecule has 3 aromatic carbocycles. The summed E-state index contributed by atoms with van der Waals surface area (Å²) in [5.74, 6) is -0.162. The Labute approximate surface area is 207 Å². The number of aromatic nitrogens is 1. The second-order valence-electron chi connectivity index (χ2n) is 7.63. The Morgan fingerprint density at radius 2 is 1.68 bits per heavy atom. The van der Waals surface area contributed by atoms with Crippen molar-refractivity contribution in [3.05, 3.63) is 95.9 Å². The first-order valence-electron chi connectivity index (χ1n) is 11.1. The third-order valence-corrected chi connectivity index (χ3v) is 7.00. The molecule has 0 aliphatic rings. The van der Waals surface area contributed by atoms with Gasteiger partial charge in [0.05, 0.1) is 5.69 Å². The van der Waals surface area contributed by atoms with Gasteiger partial charge in [0.1, 0.15) is 5.25 Å². The molecule has 0 aliphatic heterocycles. The first kappa shape index (κ1) is 23.7. The quantitative estimate of drug-likeness (QED) is 0.249. The molecule has 4 rings (SSSR count). The Kier molecular flexibility index (Phi) is 8.12. The molecular weight excluding hydrogens is 462 g/mol. The van der Waals surface area contributed by atoms with Crippen molar-refractivity contribution in [1.29, 1.82) is 0 Å². The van der Waals surface area contributed by atoms with Crippen molar-refractivity contribution in [1.82, 2.24) is 4.98 Å². The average Bonchev–Trinajstić information content (AvgIpc) is 3.32. The molecule has 5 nitrogen and oxygen atoms in total. The SMILES string of the molecule is CCCC(=O)Nc1cccc(SC(C(=O)Nc2nc(-c3ccccc3)cs2)c2ccccc2)c1. The number of benzene rings is 3. The van der Waals surface area contributed by atoms with Gasteiger partial charge in [-0.1, -0.05) is 73.7 Å². The topological polar surface area (TPSA) is 71.1 Å². The van der Waals surface area contributed by atoms with E-state index in [0.29, 0.717) is 11.6 Å². The fourth-order valence-electron chi connectivity index (χ4n) is 3.38. The van der Waals surface area contributed by atoms with Crippen molar-refractivity contribution in [3.63, 3.8) is 0 Å². The van der Waals surface area contributed by atoms with Crippen molar-refractivity contribution >= 4 is 45.7 Å². The third kappa shape index (κ3) is 6.34. The molecule has 0 radical (unpaired) electrons. The predicted octanol–water partition coefficient (Wildman–Crippen LogP) is 7.02. The van der Waals surface area contributed by atoms with Crippen LogP contribution in [0, 0.1) is 0 Å². The van der Waals surface area contributed by atoms with E-state index in [1.165, 1.54) is 23.1 Å². The van der Waals surface area contributed by atoms with E-state index in [-0.39, 0.29) is 11.8 Å². The summed E-state index contributed by atoms with van der Waals surface area (Å²) in [6.07, 6.45) is 1.27. The number of anilines is 2. The van der Waals surface area contributed by atoms with Crippen LogP contribution >= 0.6 is 23.1 Å². The molecule has 7 heteroatoms. The fraction of sp³-hybridized carbons (Fsp3) is 0.148. The van der Waals surface area contributed by atoms with Gasteiger partial charge >= 0.3 is 0 Å². The number of thiazole rings is 1. The van der Waals surface area contributed by atoms with Crippen LogP contribution in [0.5, 0.6) is 0 Å². The number of amides is 2. The van der Waals surface area contributed by atoms with E-state index in [9.17, 15) is 9.59 Å². The highest BCUT2D eigenvalue weighted by Gasteiger charge is 2.23. The van der Waals surface area contributed by atoms with Crippen LogP contribution in [0.2, 0.25) is 0 Å².